The number of amides is 1. The van der Waals surface area contributed by atoms with Gasteiger partial charge in [-0.3, -0.25) is 4.79 Å². The minimum atomic E-state index is -0.544. The zero-order chi connectivity index (χ0) is 26.1. The van der Waals surface area contributed by atoms with Gasteiger partial charge in [0.1, 0.15) is 6.61 Å². The number of likely N-dealkylation sites (tertiary alicyclic amines) is 1. The van der Waals surface area contributed by atoms with Crippen LogP contribution in [0.2, 0.25) is 5.02 Å². The number of benzene rings is 2. The average molecular weight is 516 g/mol. The molecule has 8 heteroatoms. The predicted octanol–water partition coefficient (Wildman–Crippen LogP) is 5.29. The van der Waals surface area contributed by atoms with Crippen LogP contribution in [0.25, 0.3) is 0 Å². The molecule has 2 aromatic carbocycles. The van der Waals surface area contributed by atoms with Crippen LogP contribution >= 0.6 is 11.6 Å². The molecule has 0 radical (unpaired) electrons. The monoisotopic (exact) mass is 515 g/mol. The second-order valence-corrected chi connectivity index (χ2v) is 9.75. The van der Waals surface area contributed by atoms with Crippen molar-refractivity contribution in [3.8, 4) is 0 Å². The molecule has 36 heavy (non-hydrogen) atoms. The third-order valence-electron chi connectivity index (χ3n) is 6.79. The number of nitrogens with one attached hydrogen (secondary N) is 1. The molecule has 0 spiro atoms. The van der Waals surface area contributed by atoms with E-state index in [4.69, 9.17) is 21.1 Å². The van der Waals surface area contributed by atoms with Crippen LogP contribution in [0.1, 0.15) is 61.0 Å². The molecular weight excluding hydrogens is 480 g/mol. The van der Waals surface area contributed by atoms with Crippen LogP contribution in [-0.4, -0.2) is 54.6 Å². The normalized spacial score (nSPS) is 15.6. The van der Waals surface area contributed by atoms with Gasteiger partial charge in [-0.1, -0.05) is 48.9 Å². The fourth-order valence-corrected chi connectivity index (χ4v) is 5.34. The Morgan fingerprint density at radius 1 is 1.03 bits per heavy atom. The summed E-state index contributed by atoms with van der Waals surface area (Å²) in [5, 5.41) is 3.37. The molecule has 1 unspecified atom stereocenters. The number of rotatable bonds is 10. The fraction of sp³-hybridized carbons (Fsp3) is 0.464. The van der Waals surface area contributed by atoms with E-state index in [1.54, 1.807) is 19.9 Å². The van der Waals surface area contributed by atoms with Crippen molar-refractivity contribution in [3.05, 3.63) is 64.2 Å². The first-order chi connectivity index (χ1) is 17.3. The summed E-state index contributed by atoms with van der Waals surface area (Å²) in [6, 6.07) is 12.3. The standard InChI is InChI=1S/C28H35ClN2O5/c1-4-24(27(33)30-26-20(3)16-22(29)17-23(26)28(34)35-5-2)31(14-10-7-11-15-31)18-25(32)36-19-21-12-8-6-9-13-21/h6,8-9,12-13,16-17,24H,4-5,7,10-11,14-15,18-19H2,1-3H3/p+1. The first-order valence-electron chi connectivity index (χ1n) is 12.6. The van der Waals surface area contributed by atoms with Crippen LogP contribution in [0, 0.1) is 6.92 Å². The first kappa shape index (κ1) is 27.7. The quantitative estimate of drug-likeness (QED) is 0.343. The molecule has 2 aromatic rings. The lowest BCUT2D eigenvalue weighted by Gasteiger charge is -2.45. The molecule has 1 fully saturated rings. The first-order valence-corrected chi connectivity index (χ1v) is 13.0. The molecule has 1 N–H and O–H groups in total. The SMILES string of the molecule is CCOC(=O)c1cc(Cl)cc(C)c1NC(=O)C(CC)[N+]1(CC(=O)OCc2ccccc2)CCCCC1. The Kier molecular flexibility index (Phi) is 9.90. The highest BCUT2D eigenvalue weighted by molar-refractivity contribution is 6.31. The van der Waals surface area contributed by atoms with Gasteiger partial charge in [-0.2, -0.15) is 0 Å². The zero-order valence-corrected chi connectivity index (χ0v) is 22.1. The number of esters is 2. The lowest BCUT2D eigenvalue weighted by molar-refractivity contribution is -0.940. The molecule has 1 aliphatic heterocycles. The Hall–Kier alpha value is -2.90. The van der Waals surface area contributed by atoms with E-state index in [0.29, 0.717) is 27.2 Å². The van der Waals surface area contributed by atoms with E-state index in [1.165, 1.54) is 6.07 Å². The summed E-state index contributed by atoms with van der Waals surface area (Å²) in [4.78, 5) is 39.3. The molecule has 1 atom stereocenters. The van der Waals surface area contributed by atoms with Crippen molar-refractivity contribution in [1.82, 2.24) is 0 Å². The van der Waals surface area contributed by atoms with Crippen LogP contribution in [-0.2, 0) is 25.7 Å². The smallest absolute Gasteiger partial charge is 0.362 e. The molecule has 3 rings (SSSR count). The number of hydrogen-bond acceptors (Lipinski definition) is 5. The summed E-state index contributed by atoms with van der Waals surface area (Å²) in [5.74, 6) is -1.09. The summed E-state index contributed by atoms with van der Waals surface area (Å²) in [5.41, 5.74) is 2.20. The van der Waals surface area contributed by atoms with Crippen molar-refractivity contribution >= 4 is 35.1 Å². The van der Waals surface area contributed by atoms with Gasteiger partial charge in [0.25, 0.3) is 5.91 Å². The summed E-state index contributed by atoms with van der Waals surface area (Å²) in [6.45, 7) is 7.45. The molecule has 1 aliphatic rings. The van der Waals surface area contributed by atoms with Gasteiger partial charge in [0.2, 0.25) is 0 Å². The van der Waals surface area contributed by atoms with E-state index in [2.05, 4.69) is 5.32 Å². The predicted molar refractivity (Wildman–Crippen MR) is 140 cm³/mol. The molecule has 0 bridgehead atoms. The number of carbonyl (C=O) groups excluding carboxylic acids is 3. The minimum Gasteiger partial charge on any atom is -0.462 e. The van der Waals surface area contributed by atoms with E-state index in [-0.39, 0.29) is 37.2 Å². The Morgan fingerprint density at radius 2 is 1.72 bits per heavy atom. The maximum absolute atomic E-state index is 13.7. The minimum absolute atomic E-state index is 0.128. The molecule has 0 aliphatic carbocycles. The second kappa shape index (κ2) is 12.9. The third-order valence-corrected chi connectivity index (χ3v) is 7.01. The van der Waals surface area contributed by atoms with Crippen molar-refractivity contribution in [1.29, 1.82) is 0 Å². The number of piperidine rings is 1. The molecule has 194 valence electrons. The van der Waals surface area contributed by atoms with Gasteiger partial charge in [-0.25, -0.2) is 9.59 Å². The molecule has 0 saturated carbocycles. The summed E-state index contributed by atoms with van der Waals surface area (Å²) >= 11 is 6.19. The molecule has 1 heterocycles. The van der Waals surface area contributed by atoms with Crippen molar-refractivity contribution in [3.63, 3.8) is 0 Å². The largest absolute Gasteiger partial charge is 0.462 e. The topological polar surface area (TPSA) is 81.7 Å². The summed E-state index contributed by atoms with van der Waals surface area (Å²) in [6.07, 6.45) is 3.48. The fourth-order valence-electron chi connectivity index (χ4n) is 5.07. The molecular formula is C28H36ClN2O5+. The molecule has 7 nitrogen and oxygen atoms in total. The Balaban J connectivity index is 1.82. The molecule has 1 amide bonds. The summed E-state index contributed by atoms with van der Waals surface area (Å²) in [7, 11) is 0. The Bertz CT molecular complexity index is 1070. The van der Waals surface area contributed by atoms with Gasteiger partial charge in [-0.05, 0) is 56.4 Å². The van der Waals surface area contributed by atoms with E-state index >= 15 is 0 Å². The number of hydrogen-bond donors (Lipinski definition) is 1. The highest BCUT2D eigenvalue weighted by Gasteiger charge is 2.44. The number of halogens is 1. The second-order valence-electron chi connectivity index (χ2n) is 9.31. The van der Waals surface area contributed by atoms with Gasteiger partial charge >= 0.3 is 11.9 Å². The van der Waals surface area contributed by atoms with Crippen molar-refractivity contribution < 1.29 is 28.3 Å². The van der Waals surface area contributed by atoms with Gasteiger partial charge in [0.15, 0.2) is 12.6 Å². The Labute approximate surface area is 218 Å². The van der Waals surface area contributed by atoms with Gasteiger partial charge < -0.3 is 19.3 Å². The average Bonchev–Trinajstić information content (AvgIpc) is 2.86. The number of carbonyl (C=O) groups is 3. The van der Waals surface area contributed by atoms with E-state index in [9.17, 15) is 14.4 Å². The van der Waals surface area contributed by atoms with E-state index in [0.717, 1.165) is 37.9 Å². The van der Waals surface area contributed by atoms with Crippen LogP contribution in [0.3, 0.4) is 0 Å². The highest BCUT2D eigenvalue weighted by Crippen LogP contribution is 2.30. The Morgan fingerprint density at radius 3 is 2.36 bits per heavy atom. The number of quaternary nitrogens is 1. The van der Waals surface area contributed by atoms with E-state index < -0.39 is 12.0 Å². The van der Waals surface area contributed by atoms with Gasteiger partial charge in [0.05, 0.1) is 30.9 Å². The number of anilines is 1. The number of ether oxygens (including phenoxy) is 2. The molecule has 1 saturated heterocycles. The maximum atomic E-state index is 13.7. The summed E-state index contributed by atoms with van der Waals surface area (Å²) < 4.78 is 11.1. The third kappa shape index (κ3) is 6.86. The maximum Gasteiger partial charge on any atom is 0.362 e. The number of nitrogens with zero attached hydrogens (tertiary/aromatic N) is 1. The van der Waals surface area contributed by atoms with Crippen LogP contribution < -0.4 is 5.32 Å². The van der Waals surface area contributed by atoms with Crippen LogP contribution in [0.15, 0.2) is 42.5 Å². The highest BCUT2D eigenvalue weighted by atomic mass is 35.5. The molecule has 0 aromatic heterocycles. The van der Waals surface area contributed by atoms with Crippen LogP contribution in [0.4, 0.5) is 5.69 Å². The number of aryl methyl sites for hydroxylation is 1. The zero-order valence-electron chi connectivity index (χ0n) is 21.3. The van der Waals surface area contributed by atoms with Gasteiger partial charge in [-0.15, -0.1) is 0 Å². The van der Waals surface area contributed by atoms with Crippen molar-refractivity contribution in [2.24, 2.45) is 0 Å². The lowest BCUT2D eigenvalue weighted by Crippen LogP contribution is -2.63. The van der Waals surface area contributed by atoms with Gasteiger partial charge in [0, 0.05) is 11.4 Å². The van der Waals surface area contributed by atoms with E-state index in [1.807, 2.05) is 37.3 Å². The van der Waals surface area contributed by atoms with Crippen molar-refractivity contribution in [2.45, 2.75) is 59.1 Å². The van der Waals surface area contributed by atoms with Crippen molar-refractivity contribution in [2.75, 3.05) is 31.6 Å². The lowest BCUT2D eigenvalue weighted by atomic mass is 9.99. The van der Waals surface area contributed by atoms with Crippen LogP contribution in [0.5, 0.6) is 0 Å².